The van der Waals surface area contributed by atoms with E-state index in [9.17, 15) is 9.59 Å². The fourth-order valence-corrected chi connectivity index (χ4v) is 0.525. The standard InChI is InChI=1S/C9H10O3/c1-2-5-8(10)6-3-4-7-9(11)12/h4,7H,2,5H2,1H3,(H,11,12)/b7-4+. The van der Waals surface area contributed by atoms with E-state index in [0.29, 0.717) is 6.42 Å². The van der Waals surface area contributed by atoms with Crippen molar-refractivity contribution in [3.63, 3.8) is 0 Å². The smallest absolute Gasteiger partial charge is 0.328 e. The highest BCUT2D eigenvalue weighted by Gasteiger charge is 1.90. The number of carbonyl (C=O) groups excluding carboxylic acids is 1. The van der Waals surface area contributed by atoms with Gasteiger partial charge in [-0.1, -0.05) is 12.8 Å². The summed E-state index contributed by atoms with van der Waals surface area (Å²) >= 11 is 0. The highest BCUT2D eigenvalue weighted by atomic mass is 16.4. The zero-order valence-corrected chi connectivity index (χ0v) is 6.83. The zero-order chi connectivity index (χ0) is 9.40. The van der Waals surface area contributed by atoms with E-state index in [-0.39, 0.29) is 5.78 Å². The summed E-state index contributed by atoms with van der Waals surface area (Å²) < 4.78 is 0. The Kier molecular flexibility index (Phi) is 5.37. The lowest BCUT2D eigenvalue weighted by molar-refractivity contribution is -0.131. The van der Waals surface area contributed by atoms with Gasteiger partial charge in [0.1, 0.15) is 0 Å². The van der Waals surface area contributed by atoms with Crippen LogP contribution < -0.4 is 0 Å². The SMILES string of the molecule is CCCC(=O)C#C/C=C/C(=O)O. The van der Waals surface area contributed by atoms with E-state index in [1.54, 1.807) is 0 Å². The van der Waals surface area contributed by atoms with Crippen LogP contribution in [0.4, 0.5) is 0 Å². The van der Waals surface area contributed by atoms with Crippen LogP contribution in [0.5, 0.6) is 0 Å². The number of aliphatic carboxylic acids is 1. The summed E-state index contributed by atoms with van der Waals surface area (Å²) in [6, 6.07) is 0. The first-order chi connectivity index (χ1) is 5.66. The normalized spacial score (nSPS) is 9.08. The van der Waals surface area contributed by atoms with Crippen LogP contribution in [0, 0.1) is 11.8 Å². The van der Waals surface area contributed by atoms with Gasteiger partial charge < -0.3 is 5.11 Å². The molecule has 64 valence electrons. The minimum absolute atomic E-state index is 0.160. The molecule has 0 rings (SSSR count). The summed E-state index contributed by atoms with van der Waals surface area (Å²) in [5.41, 5.74) is 0. The van der Waals surface area contributed by atoms with E-state index in [1.807, 2.05) is 6.92 Å². The molecule has 0 heterocycles. The largest absolute Gasteiger partial charge is 0.478 e. The molecule has 0 spiro atoms. The van der Waals surface area contributed by atoms with E-state index in [0.717, 1.165) is 18.6 Å². The molecule has 3 nitrogen and oxygen atoms in total. The molecule has 0 radical (unpaired) electrons. The van der Waals surface area contributed by atoms with Crippen LogP contribution in [0.15, 0.2) is 12.2 Å². The Morgan fingerprint density at radius 1 is 1.50 bits per heavy atom. The average Bonchev–Trinajstić information content (AvgIpc) is 1.98. The van der Waals surface area contributed by atoms with Gasteiger partial charge in [-0.3, -0.25) is 4.79 Å². The topological polar surface area (TPSA) is 54.4 Å². The summed E-state index contributed by atoms with van der Waals surface area (Å²) in [5.74, 6) is 3.42. The third kappa shape index (κ3) is 6.56. The third-order valence-corrected chi connectivity index (χ3v) is 0.998. The van der Waals surface area contributed by atoms with Crippen LogP contribution >= 0.6 is 0 Å². The maximum atomic E-state index is 10.7. The second-order valence-electron chi connectivity index (χ2n) is 2.11. The average molecular weight is 166 g/mol. The van der Waals surface area contributed by atoms with Gasteiger partial charge in [0.15, 0.2) is 0 Å². The molecule has 0 aromatic heterocycles. The summed E-state index contributed by atoms with van der Waals surface area (Å²) in [7, 11) is 0. The van der Waals surface area contributed by atoms with E-state index >= 15 is 0 Å². The molecule has 0 aliphatic heterocycles. The lowest BCUT2D eigenvalue weighted by atomic mass is 10.2. The number of allylic oxidation sites excluding steroid dienone is 1. The fourth-order valence-electron chi connectivity index (χ4n) is 0.525. The Balaban J connectivity index is 3.88. The van der Waals surface area contributed by atoms with E-state index in [1.165, 1.54) is 0 Å². The van der Waals surface area contributed by atoms with Crippen LogP contribution in [-0.4, -0.2) is 16.9 Å². The van der Waals surface area contributed by atoms with E-state index in [2.05, 4.69) is 11.8 Å². The molecule has 0 saturated heterocycles. The number of hydrogen-bond donors (Lipinski definition) is 1. The maximum absolute atomic E-state index is 10.7. The summed E-state index contributed by atoms with van der Waals surface area (Å²) in [6.07, 6.45) is 3.23. The first-order valence-corrected chi connectivity index (χ1v) is 3.60. The maximum Gasteiger partial charge on any atom is 0.328 e. The van der Waals surface area contributed by atoms with Gasteiger partial charge in [-0.2, -0.15) is 0 Å². The minimum atomic E-state index is -1.06. The Bertz CT molecular complexity index is 253. The lowest BCUT2D eigenvalue weighted by Gasteiger charge is -1.81. The zero-order valence-electron chi connectivity index (χ0n) is 6.83. The van der Waals surface area contributed by atoms with Crippen LogP contribution in [0.2, 0.25) is 0 Å². The number of ketones is 1. The quantitative estimate of drug-likeness (QED) is 0.386. The van der Waals surface area contributed by atoms with Gasteiger partial charge in [0, 0.05) is 12.5 Å². The number of carboxylic acid groups (broad SMARTS) is 1. The van der Waals surface area contributed by atoms with Crippen molar-refractivity contribution in [2.75, 3.05) is 0 Å². The highest BCUT2D eigenvalue weighted by molar-refractivity contribution is 5.95. The molecular weight excluding hydrogens is 156 g/mol. The molecule has 0 bridgehead atoms. The summed E-state index contributed by atoms with van der Waals surface area (Å²) in [6.45, 7) is 1.88. The van der Waals surface area contributed by atoms with Crippen molar-refractivity contribution in [2.24, 2.45) is 0 Å². The lowest BCUT2D eigenvalue weighted by Crippen LogP contribution is -1.90. The summed E-state index contributed by atoms with van der Waals surface area (Å²) in [5, 5.41) is 8.14. The van der Waals surface area contributed by atoms with Crippen molar-refractivity contribution in [3.05, 3.63) is 12.2 Å². The van der Waals surface area contributed by atoms with Gasteiger partial charge in [0.25, 0.3) is 0 Å². The molecule has 12 heavy (non-hydrogen) atoms. The third-order valence-electron chi connectivity index (χ3n) is 0.998. The van der Waals surface area contributed by atoms with E-state index < -0.39 is 5.97 Å². The second-order valence-corrected chi connectivity index (χ2v) is 2.11. The predicted octanol–water partition coefficient (Wildman–Crippen LogP) is 1.000. The summed E-state index contributed by atoms with van der Waals surface area (Å²) in [4.78, 5) is 20.7. The van der Waals surface area contributed by atoms with Crippen LogP contribution in [0.25, 0.3) is 0 Å². The number of carbonyl (C=O) groups is 2. The van der Waals surface area contributed by atoms with E-state index in [4.69, 9.17) is 5.11 Å². The predicted molar refractivity (Wildman–Crippen MR) is 44.5 cm³/mol. The van der Waals surface area contributed by atoms with Gasteiger partial charge in [-0.15, -0.1) is 0 Å². The molecule has 0 aliphatic rings. The van der Waals surface area contributed by atoms with Crippen molar-refractivity contribution >= 4 is 11.8 Å². The van der Waals surface area contributed by atoms with Gasteiger partial charge in [0.2, 0.25) is 5.78 Å². The van der Waals surface area contributed by atoms with Crippen molar-refractivity contribution in [1.82, 2.24) is 0 Å². The number of Topliss-reactive ketones (excluding diaryl/α,β-unsaturated/α-hetero) is 1. The van der Waals surface area contributed by atoms with Gasteiger partial charge in [-0.25, -0.2) is 4.79 Å². The van der Waals surface area contributed by atoms with Gasteiger partial charge in [0.05, 0.1) is 0 Å². The van der Waals surface area contributed by atoms with Crippen molar-refractivity contribution in [2.45, 2.75) is 19.8 Å². The Morgan fingerprint density at radius 2 is 2.17 bits per heavy atom. The second kappa shape index (κ2) is 6.17. The molecule has 0 aromatic carbocycles. The molecule has 0 aliphatic carbocycles. The number of carboxylic acids is 1. The Morgan fingerprint density at radius 3 is 2.67 bits per heavy atom. The molecule has 0 aromatic rings. The highest BCUT2D eigenvalue weighted by Crippen LogP contribution is 1.86. The fraction of sp³-hybridized carbons (Fsp3) is 0.333. The molecule has 0 unspecified atom stereocenters. The van der Waals surface area contributed by atoms with Crippen molar-refractivity contribution in [1.29, 1.82) is 0 Å². The Labute approximate surface area is 71.1 Å². The van der Waals surface area contributed by atoms with Crippen LogP contribution in [0.3, 0.4) is 0 Å². The number of hydrogen-bond acceptors (Lipinski definition) is 2. The molecule has 1 N–H and O–H groups in total. The first-order valence-electron chi connectivity index (χ1n) is 3.60. The molecule has 0 amide bonds. The minimum Gasteiger partial charge on any atom is -0.478 e. The monoisotopic (exact) mass is 166 g/mol. The first kappa shape index (κ1) is 10.4. The van der Waals surface area contributed by atoms with Gasteiger partial charge in [-0.05, 0) is 18.4 Å². The number of rotatable bonds is 3. The van der Waals surface area contributed by atoms with Crippen LogP contribution in [0.1, 0.15) is 19.8 Å². The molecular formula is C9H10O3. The van der Waals surface area contributed by atoms with Gasteiger partial charge >= 0.3 is 5.97 Å². The Hall–Kier alpha value is -1.56. The molecule has 3 heteroatoms. The van der Waals surface area contributed by atoms with Crippen molar-refractivity contribution < 1.29 is 14.7 Å². The molecule has 0 saturated carbocycles. The molecule has 0 atom stereocenters. The van der Waals surface area contributed by atoms with Crippen molar-refractivity contribution in [3.8, 4) is 11.8 Å². The van der Waals surface area contributed by atoms with Crippen LogP contribution in [-0.2, 0) is 9.59 Å². The molecule has 0 fully saturated rings.